The molecule has 2 aromatic carbocycles. The number of carbonyl (C=O) groups excluding carboxylic acids is 1. The fraction of sp³-hybridized carbons (Fsp3) is 0.182. The van der Waals surface area contributed by atoms with Gasteiger partial charge in [0.05, 0.1) is 11.9 Å². The van der Waals surface area contributed by atoms with Crippen LogP contribution in [-0.2, 0) is 4.79 Å². The average molecular weight is 345 g/mol. The van der Waals surface area contributed by atoms with E-state index in [1.165, 1.54) is 11.1 Å². The molecule has 0 aliphatic heterocycles. The van der Waals surface area contributed by atoms with Gasteiger partial charge in [-0.2, -0.15) is 0 Å². The van der Waals surface area contributed by atoms with E-state index >= 15 is 0 Å². The fourth-order valence-corrected chi connectivity index (χ4v) is 2.83. The summed E-state index contributed by atoms with van der Waals surface area (Å²) in [6.07, 6.45) is 2.13. The highest BCUT2D eigenvalue weighted by atomic mass is 16.1. The second-order valence-corrected chi connectivity index (χ2v) is 6.09. The van der Waals surface area contributed by atoms with Crippen LogP contribution >= 0.6 is 0 Å². The molecule has 0 aliphatic carbocycles. The Morgan fingerprint density at radius 1 is 0.923 bits per heavy atom. The number of anilines is 2. The number of benzene rings is 2. The minimum Gasteiger partial charge on any atom is -0.369 e. The summed E-state index contributed by atoms with van der Waals surface area (Å²) >= 11 is 0. The van der Waals surface area contributed by atoms with E-state index in [4.69, 9.17) is 0 Å². The maximum atomic E-state index is 11.4. The predicted molar refractivity (Wildman–Crippen MR) is 106 cm³/mol. The van der Waals surface area contributed by atoms with Gasteiger partial charge < -0.3 is 10.6 Å². The summed E-state index contributed by atoms with van der Waals surface area (Å²) in [4.78, 5) is 15.8. The number of nitrogens with zero attached hydrogens (tertiary/aromatic N) is 1. The van der Waals surface area contributed by atoms with Crippen LogP contribution in [0.3, 0.4) is 0 Å². The zero-order valence-corrected chi connectivity index (χ0v) is 14.9. The van der Waals surface area contributed by atoms with Gasteiger partial charge in [-0.1, -0.05) is 67.6 Å². The summed E-state index contributed by atoms with van der Waals surface area (Å²) in [5.74, 6) is 1.01. The van der Waals surface area contributed by atoms with Crippen LogP contribution in [-0.4, -0.2) is 17.4 Å². The Morgan fingerprint density at radius 2 is 1.54 bits per heavy atom. The number of amides is 1. The standard InChI is InChI=1S/C22H23N3O/c1-2-22(26)25-19-13-14-21(23-15-19)24-16-20(17-9-5-3-6-10-17)18-11-7-4-8-12-18/h3-15,20H,2,16H2,1H3,(H,23,24)(H,25,26). The molecule has 4 nitrogen and oxygen atoms in total. The molecule has 26 heavy (non-hydrogen) atoms. The molecule has 1 amide bonds. The first-order valence-corrected chi connectivity index (χ1v) is 8.86. The van der Waals surface area contributed by atoms with Crippen molar-refractivity contribution in [2.45, 2.75) is 19.3 Å². The molecule has 0 aliphatic rings. The first-order chi connectivity index (χ1) is 12.8. The molecule has 4 heteroatoms. The van der Waals surface area contributed by atoms with Crippen LogP contribution in [0.4, 0.5) is 11.5 Å². The van der Waals surface area contributed by atoms with Crippen LogP contribution in [0.5, 0.6) is 0 Å². The smallest absolute Gasteiger partial charge is 0.224 e. The van der Waals surface area contributed by atoms with E-state index in [1.807, 2.05) is 31.2 Å². The SMILES string of the molecule is CCC(=O)Nc1ccc(NCC(c2ccccc2)c2ccccc2)nc1. The van der Waals surface area contributed by atoms with Crippen LogP contribution in [0.1, 0.15) is 30.4 Å². The molecule has 0 bridgehead atoms. The molecule has 0 unspecified atom stereocenters. The van der Waals surface area contributed by atoms with E-state index in [-0.39, 0.29) is 11.8 Å². The van der Waals surface area contributed by atoms with Crippen molar-refractivity contribution in [2.24, 2.45) is 0 Å². The molecule has 132 valence electrons. The highest BCUT2D eigenvalue weighted by molar-refractivity contribution is 5.90. The second kappa shape index (κ2) is 8.81. The minimum atomic E-state index is -0.0132. The first-order valence-electron chi connectivity index (χ1n) is 8.86. The first kappa shape index (κ1) is 17.7. The summed E-state index contributed by atoms with van der Waals surface area (Å²) in [6, 6.07) is 24.7. The van der Waals surface area contributed by atoms with Crippen molar-refractivity contribution >= 4 is 17.4 Å². The van der Waals surface area contributed by atoms with Gasteiger partial charge in [0.25, 0.3) is 0 Å². The van der Waals surface area contributed by atoms with E-state index in [0.717, 1.165) is 12.4 Å². The van der Waals surface area contributed by atoms with Crippen molar-refractivity contribution in [2.75, 3.05) is 17.2 Å². The molecule has 3 rings (SSSR count). The van der Waals surface area contributed by atoms with E-state index in [0.29, 0.717) is 12.1 Å². The Kier molecular flexibility index (Phi) is 5.99. The van der Waals surface area contributed by atoms with Crippen molar-refractivity contribution in [3.63, 3.8) is 0 Å². The summed E-state index contributed by atoms with van der Waals surface area (Å²) in [7, 11) is 0. The molecule has 0 saturated heterocycles. The predicted octanol–water partition coefficient (Wildman–Crippen LogP) is 4.67. The lowest BCUT2D eigenvalue weighted by molar-refractivity contribution is -0.115. The number of hydrogen-bond donors (Lipinski definition) is 2. The Balaban J connectivity index is 1.71. The van der Waals surface area contributed by atoms with Crippen LogP contribution in [0, 0.1) is 0 Å². The van der Waals surface area contributed by atoms with Crippen LogP contribution < -0.4 is 10.6 Å². The lowest BCUT2D eigenvalue weighted by Crippen LogP contribution is -2.15. The maximum Gasteiger partial charge on any atom is 0.224 e. The summed E-state index contributed by atoms with van der Waals surface area (Å²) in [5, 5.41) is 6.22. The van der Waals surface area contributed by atoms with Crippen LogP contribution in [0.25, 0.3) is 0 Å². The number of aromatic nitrogens is 1. The topological polar surface area (TPSA) is 54.0 Å². The zero-order valence-electron chi connectivity index (χ0n) is 14.9. The third kappa shape index (κ3) is 4.70. The van der Waals surface area contributed by atoms with Gasteiger partial charge in [-0.3, -0.25) is 4.79 Å². The lowest BCUT2D eigenvalue weighted by Gasteiger charge is -2.19. The summed E-state index contributed by atoms with van der Waals surface area (Å²) < 4.78 is 0. The minimum absolute atomic E-state index is 0.0132. The number of rotatable bonds is 7. The molecule has 0 spiro atoms. The maximum absolute atomic E-state index is 11.4. The van der Waals surface area contributed by atoms with Crippen molar-refractivity contribution in [3.8, 4) is 0 Å². The third-order valence-corrected chi connectivity index (χ3v) is 4.26. The largest absolute Gasteiger partial charge is 0.369 e. The molecule has 0 radical (unpaired) electrons. The Morgan fingerprint density at radius 3 is 2.04 bits per heavy atom. The van der Waals surface area contributed by atoms with Gasteiger partial charge in [0.2, 0.25) is 5.91 Å². The zero-order chi connectivity index (χ0) is 18.2. The van der Waals surface area contributed by atoms with Gasteiger partial charge in [-0.25, -0.2) is 4.98 Å². The summed E-state index contributed by atoms with van der Waals surface area (Å²) in [5.41, 5.74) is 3.24. The van der Waals surface area contributed by atoms with Crippen LogP contribution in [0.15, 0.2) is 79.0 Å². The van der Waals surface area contributed by atoms with Crippen molar-refractivity contribution in [3.05, 3.63) is 90.1 Å². The monoisotopic (exact) mass is 345 g/mol. The Hall–Kier alpha value is -3.14. The molecular formula is C22H23N3O. The van der Waals surface area contributed by atoms with Gasteiger partial charge in [0.15, 0.2) is 0 Å². The third-order valence-electron chi connectivity index (χ3n) is 4.26. The quantitative estimate of drug-likeness (QED) is 0.654. The van der Waals surface area contributed by atoms with E-state index in [2.05, 4.69) is 64.1 Å². The fourth-order valence-electron chi connectivity index (χ4n) is 2.83. The van der Waals surface area contributed by atoms with Crippen molar-refractivity contribution in [1.82, 2.24) is 4.98 Å². The van der Waals surface area contributed by atoms with E-state index < -0.39 is 0 Å². The van der Waals surface area contributed by atoms with E-state index in [9.17, 15) is 4.79 Å². The number of pyridine rings is 1. The van der Waals surface area contributed by atoms with Crippen molar-refractivity contribution < 1.29 is 4.79 Å². The number of hydrogen-bond acceptors (Lipinski definition) is 3. The Bertz CT molecular complexity index is 778. The van der Waals surface area contributed by atoms with Gasteiger partial charge in [0, 0.05) is 18.9 Å². The van der Waals surface area contributed by atoms with Gasteiger partial charge >= 0.3 is 0 Å². The molecule has 0 saturated carbocycles. The molecule has 3 aromatic rings. The molecule has 0 atom stereocenters. The molecule has 2 N–H and O–H groups in total. The number of carbonyl (C=O) groups is 1. The molecule has 1 heterocycles. The molecular weight excluding hydrogens is 322 g/mol. The van der Waals surface area contributed by atoms with Gasteiger partial charge in [-0.15, -0.1) is 0 Å². The molecule has 1 aromatic heterocycles. The normalized spacial score (nSPS) is 10.5. The van der Waals surface area contributed by atoms with Crippen molar-refractivity contribution in [1.29, 1.82) is 0 Å². The van der Waals surface area contributed by atoms with E-state index in [1.54, 1.807) is 6.20 Å². The highest BCUT2D eigenvalue weighted by Crippen LogP contribution is 2.25. The lowest BCUT2D eigenvalue weighted by atomic mass is 9.91. The average Bonchev–Trinajstić information content (AvgIpc) is 2.71. The second-order valence-electron chi connectivity index (χ2n) is 6.09. The highest BCUT2D eigenvalue weighted by Gasteiger charge is 2.13. The van der Waals surface area contributed by atoms with Crippen LogP contribution in [0.2, 0.25) is 0 Å². The Labute approximate surface area is 154 Å². The molecule has 0 fully saturated rings. The van der Waals surface area contributed by atoms with Gasteiger partial charge in [-0.05, 0) is 23.3 Å². The number of nitrogens with one attached hydrogen (secondary N) is 2. The van der Waals surface area contributed by atoms with Gasteiger partial charge in [0.1, 0.15) is 5.82 Å². The summed E-state index contributed by atoms with van der Waals surface area (Å²) in [6.45, 7) is 2.56.